The zero-order valence-corrected chi connectivity index (χ0v) is 19.8. The molecule has 1 fully saturated rings. The highest BCUT2D eigenvalue weighted by Crippen LogP contribution is 2.36. The quantitative estimate of drug-likeness (QED) is 0.382. The van der Waals surface area contributed by atoms with Gasteiger partial charge in [0.2, 0.25) is 5.75 Å². The molecular formula is C26H31NO6. The van der Waals surface area contributed by atoms with Gasteiger partial charge in [-0.1, -0.05) is 38.1 Å². The molecule has 1 aliphatic rings. The average molecular weight is 454 g/mol. The fourth-order valence-electron chi connectivity index (χ4n) is 3.60. The molecule has 3 rings (SSSR count). The Balaban J connectivity index is 1.66. The lowest BCUT2D eigenvalue weighted by Gasteiger charge is -2.23. The largest absolute Gasteiger partial charge is 0.493 e. The Bertz CT molecular complexity index is 1030. The summed E-state index contributed by atoms with van der Waals surface area (Å²) in [5.41, 5.74) is 2.22. The van der Waals surface area contributed by atoms with Crippen LogP contribution in [-0.4, -0.2) is 35.9 Å². The number of aryl methyl sites for hydroxylation is 1. The lowest BCUT2D eigenvalue weighted by atomic mass is 9.92. The lowest BCUT2D eigenvalue weighted by Crippen LogP contribution is -2.26. The first-order valence-corrected chi connectivity index (χ1v) is 11.3. The summed E-state index contributed by atoms with van der Waals surface area (Å²) in [4.78, 5) is 42.0. The van der Waals surface area contributed by atoms with Crippen molar-refractivity contribution < 1.29 is 28.6 Å². The van der Waals surface area contributed by atoms with E-state index in [-0.39, 0.29) is 41.6 Å². The normalized spacial score (nSPS) is 15.8. The molecule has 33 heavy (non-hydrogen) atoms. The summed E-state index contributed by atoms with van der Waals surface area (Å²) < 4.78 is 16.4. The van der Waals surface area contributed by atoms with Gasteiger partial charge in [0.05, 0.1) is 18.9 Å². The Labute approximate surface area is 194 Å². The molecule has 3 atom stereocenters. The number of ketones is 1. The summed E-state index contributed by atoms with van der Waals surface area (Å²) in [6.45, 7) is 7.53. The van der Waals surface area contributed by atoms with E-state index < -0.39 is 23.6 Å². The molecule has 2 aromatic rings. The number of benzene rings is 1. The molecule has 1 aliphatic carbocycles. The summed E-state index contributed by atoms with van der Waals surface area (Å²) >= 11 is 0. The van der Waals surface area contributed by atoms with Gasteiger partial charge in [0.15, 0.2) is 17.2 Å². The highest BCUT2D eigenvalue weighted by atomic mass is 16.6. The van der Waals surface area contributed by atoms with E-state index in [1.165, 1.54) is 19.4 Å². The highest BCUT2D eigenvalue weighted by molar-refractivity contribution is 6.00. The van der Waals surface area contributed by atoms with E-state index in [2.05, 4.69) is 4.98 Å². The molecule has 7 heteroatoms. The number of hydrogen-bond acceptors (Lipinski definition) is 7. The first-order valence-electron chi connectivity index (χ1n) is 11.3. The van der Waals surface area contributed by atoms with Crippen molar-refractivity contribution in [1.82, 2.24) is 4.98 Å². The molecule has 0 aliphatic heterocycles. The summed E-state index contributed by atoms with van der Waals surface area (Å²) in [6, 6.07) is 9.51. The van der Waals surface area contributed by atoms with E-state index in [1.54, 1.807) is 6.92 Å². The van der Waals surface area contributed by atoms with Crippen LogP contribution >= 0.6 is 0 Å². The number of carbonyl (C=O) groups is 3. The molecule has 0 spiro atoms. The first kappa shape index (κ1) is 24.4. The van der Waals surface area contributed by atoms with Crippen LogP contribution in [-0.2, 0) is 14.3 Å². The number of aromatic nitrogens is 1. The lowest BCUT2D eigenvalue weighted by molar-refractivity contribution is -0.153. The van der Waals surface area contributed by atoms with Crippen LogP contribution in [0.15, 0.2) is 36.5 Å². The van der Waals surface area contributed by atoms with Crippen molar-refractivity contribution in [1.29, 1.82) is 0 Å². The molecule has 0 amide bonds. The second-order valence-electron chi connectivity index (χ2n) is 8.70. The Morgan fingerprint density at radius 3 is 2.42 bits per heavy atom. The van der Waals surface area contributed by atoms with E-state index in [1.807, 2.05) is 45.0 Å². The number of carbonyl (C=O) groups excluding carboxylic acids is 3. The molecule has 0 radical (unpaired) electrons. The maximum absolute atomic E-state index is 13.0. The Morgan fingerprint density at radius 2 is 1.79 bits per heavy atom. The van der Waals surface area contributed by atoms with Gasteiger partial charge in [-0.05, 0) is 37.8 Å². The minimum Gasteiger partial charge on any atom is -0.493 e. The number of rotatable bonds is 10. The van der Waals surface area contributed by atoms with Crippen molar-refractivity contribution in [2.75, 3.05) is 7.11 Å². The van der Waals surface area contributed by atoms with Crippen molar-refractivity contribution in [2.24, 2.45) is 11.8 Å². The van der Waals surface area contributed by atoms with Crippen molar-refractivity contribution >= 4 is 17.7 Å². The molecule has 1 heterocycles. The van der Waals surface area contributed by atoms with Crippen LogP contribution in [0.4, 0.5) is 0 Å². The number of methoxy groups -OCH3 is 1. The first-order chi connectivity index (χ1) is 15.7. The van der Waals surface area contributed by atoms with Crippen LogP contribution in [0.25, 0.3) is 0 Å². The minimum absolute atomic E-state index is 0.00371. The van der Waals surface area contributed by atoms with Gasteiger partial charge in [-0.15, -0.1) is 0 Å². The Kier molecular flexibility index (Phi) is 7.84. The second kappa shape index (κ2) is 10.6. The third-order valence-corrected chi connectivity index (χ3v) is 6.04. The number of hydrogen-bond donors (Lipinski definition) is 0. The molecule has 0 unspecified atom stereocenters. The second-order valence-corrected chi connectivity index (χ2v) is 8.70. The molecule has 0 N–H and O–H groups in total. The molecule has 176 valence electrons. The number of esters is 2. The molecule has 7 nitrogen and oxygen atoms in total. The van der Waals surface area contributed by atoms with Crippen LogP contribution in [0.2, 0.25) is 0 Å². The van der Waals surface area contributed by atoms with Crippen LogP contribution in [0.1, 0.15) is 67.6 Å². The van der Waals surface area contributed by atoms with Crippen LogP contribution in [0, 0.1) is 18.8 Å². The van der Waals surface area contributed by atoms with Crippen molar-refractivity contribution in [2.45, 2.75) is 59.0 Å². The van der Waals surface area contributed by atoms with Gasteiger partial charge in [-0.2, -0.15) is 0 Å². The number of ether oxygens (including phenoxy) is 3. The molecule has 1 aromatic heterocycles. The summed E-state index contributed by atoms with van der Waals surface area (Å²) in [5, 5.41) is 0. The minimum atomic E-state index is -0.691. The van der Waals surface area contributed by atoms with Crippen molar-refractivity contribution in [3.63, 3.8) is 0 Å². The van der Waals surface area contributed by atoms with E-state index in [9.17, 15) is 14.4 Å². The van der Waals surface area contributed by atoms with Crippen LogP contribution < -0.4 is 9.47 Å². The van der Waals surface area contributed by atoms with Crippen molar-refractivity contribution in [3.05, 3.63) is 53.3 Å². The summed E-state index contributed by atoms with van der Waals surface area (Å²) in [5.74, 6) is -1.87. The van der Waals surface area contributed by atoms with E-state index in [0.29, 0.717) is 0 Å². The van der Waals surface area contributed by atoms with Gasteiger partial charge in [0, 0.05) is 24.6 Å². The maximum Gasteiger partial charge on any atom is 0.314 e. The summed E-state index contributed by atoms with van der Waals surface area (Å²) in [6.07, 6.45) is 2.47. The molecule has 1 saturated carbocycles. The third-order valence-electron chi connectivity index (χ3n) is 6.04. The summed E-state index contributed by atoms with van der Waals surface area (Å²) in [7, 11) is 1.43. The highest BCUT2D eigenvalue weighted by Gasteiger charge is 2.34. The molecule has 0 saturated heterocycles. The van der Waals surface area contributed by atoms with E-state index in [4.69, 9.17) is 14.2 Å². The number of Topliss-reactive ketones (excluding diaryl/α,β-unsaturated/α-hetero) is 1. The zero-order chi connectivity index (χ0) is 24.1. The van der Waals surface area contributed by atoms with Gasteiger partial charge in [0.1, 0.15) is 6.10 Å². The van der Waals surface area contributed by atoms with Gasteiger partial charge in [-0.3, -0.25) is 14.4 Å². The predicted octanol–water partition coefficient (Wildman–Crippen LogP) is 4.66. The van der Waals surface area contributed by atoms with Gasteiger partial charge in [-0.25, -0.2) is 4.98 Å². The SMILES string of the molecule is COc1ccnc(C(=O)C[C@@H](C)C(=O)O[C@@H](C)[C@@H](C)c2ccccc2C)c1OC(=O)C1CC1. The average Bonchev–Trinajstić information content (AvgIpc) is 3.64. The monoisotopic (exact) mass is 453 g/mol. The maximum atomic E-state index is 13.0. The molecule has 1 aromatic carbocycles. The van der Waals surface area contributed by atoms with Crippen LogP contribution in [0.5, 0.6) is 11.5 Å². The van der Waals surface area contributed by atoms with Gasteiger partial charge >= 0.3 is 11.9 Å². The van der Waals surface area contributed by atoms with Crippen LogP contribution in [0.3, 0.4) is 0 Å². The molecule has 0 bridgehead atoms. The molecular weight excluding hydrogens is 422 g/mol. The fraction of sp³-hybridized carbons (Fsp3) is 0.462. The number of nitrogens with zero attached hydrogens (tertiary/aromatic N) is 1. The van der Waals surface area contributed by atoms with Gasteiger partial charge in [0.25, 0.3) is 0 Å². The standard InChI is InChI=1S/C26H31NO6/c1-15-8-6-7-9-20(15)17(3)18(4)32-25(29)16(2)14-21(28)23-24(22(31-5)12-13-27-23)33-26(30)19-10-11-19/h6-9,12-13,16-19H,10-11,14H2,1-5H3/t16-,17-,18+/m1/s1. The topological polar surface area (TPSA) is 91.8 Å². The third kappa shape index (κ3) is 5.97. The Morgan fingerprint density at radius 1 is 1.09 bits per heavy atom. The predicted molar refractivity (Wildman–Crippen MR) is 122 cm³/mol. The van der Waals surface area contributed by atoms with E-state index >= 15 is 0 Å². The fourth-order valence-corrected chi connectivity index (χ4v) is 3.60. The Hall–Kier alpha value is -3.22. The van der Waals surface area contributed by atoms with Crippen molar-refractivity contribution in [3.8, 4) is 11.5 Å². The van der Waals surface area contributed by atoms with E-state index in [0.717, 1.165) is 24.0 Å². The number of pyridine rings is 1. The van der Waals surface area contributed by atoms with Gasteiger partial charge < -0.3 is 14.2 Å². The smallest absolute Gasteiger partial charge is 0.314 e. The zero-order valence-electron chi connectivity index (χ0n) is 19.8.